The largest absolute Gasteiger partial charge is 0.393 e. The van der Waals surface area contributed by atoms with E-state index in [-0.39, 0.29) is 41.5 Å². The Bertz CT molecular complexity index is 681. The van der Waals surface area contributed by atoms with E-state index in [1.54, 1.807) is 0 Å². The number of hydrogen-bond donors (Lipinski definition) is 0. The van der Waals surface area contributed by atoms with E-state index in [4.69, 9.17) is 4.74 Å². The molecule has 0 saturated heterocycles. The van der Waals surface area contributed by atoms with Gasteiger partial charge in [0.1, 0.15) is 0 Å². The summed E-state index contributed by atoms with van der Waals surface area (Å²) in [5.41, 5.74) is 0. The molecular weight excluding hydrogens is 503 g/mol. The van der Waals surface area contributed by atoms with Crippen molar-refractivity contribution in [2.75, 3.05) is 0 Å². The number of ether oxygens (including phenoxy) is 1. The standard InChI is InChI=1S/C36H58O3.Na/c1-3-5-7-9-11-13-15-17-19-21-23-25-27-29-31-33-35(37)39-36(38)34-32-30-28-26-24-22-20-18-16-14-12-10-8-6-4-2;/h9-20H,3-8,21-34H2,1-2H3;. The maximum absolute atomic E-state index is 11.9. The maximum Gasteiger partial charge on any atom is 0.313 e. The molecule has 3 nitrogen and oxygen atoms in total. The number of allylic oxidation sites excluding steroid dienone is 12. The maximum atomic E-state index is 11.9. The van der Waals surface area contributed by atoms with E-state index in [0.29, 0.717) is 12.8 Å². The van der Waals surface area contributed by atoms with Gasteiger partial charge in [-0.2, -0.15) is 0 Å². The Kier molecular flexibility index (Phi) is 36.2. The second-order valence-corrected chi connectivity index (χ2v) is 10.2. The van der Waals surface area contributed by atoms with Crippen LogP contribution in [0.2, 0.25) is 0 Å². The zero-order valence-corrected chi connectivity index (χ0v) is 28.3. The van der Waals surface area contributed by atoms with Crippen molar-refractivity contribution in [3.8, 4) is 0 Å². The normalized spacial score (nSPS) is 12.2. The van der Waals surface area contributed by atoms with Crippen LogP contribution in [0.15, 0.2) is 72.9 Å². The van der Waals surface area contributed by atoms with Crippen molar-refractivity contribution >= 4 is 41.5 Å². The molecule has 0 saturated carbocycles. The van der Waals surface area contributed by atoms with Crippen molar-refractivity contribution < 1.29 is 14.3 Å². The van der Waals surface area contributed by atoms with Crippen LogP contribution in [0.3, 0.4) is 0 Å². The molecule has 0 spiro atoms. The third-order valence-electron chi connectivity index (χ3n) is 6.39. The van der Waals surface area contributed by atoms with Gasteiger partial charge >= 0.3 is 11.9 Å². The van der Waals surface area contributed by atoms with E-state index >= 15 is 0 Å². The van der Waals surface area contributed by atoms with Crippen LogP contribution >= 0.6 is 0 Å². The molecule has 0 aromatic heterocycles. The Balaban J connectivity index is 0. The van der Waals surface area contributed by atoms with Crippen molar-refractivity contribution in [2.24, 2.45) is 0 Å². The van der Waals surface area contributed by atoms with E-state index in [2.05, 4.69) is 86.8 Å². The molecule has 0 amide bonds. The molecule has 40 heavy (non-hydrogen) atoms. The molecule has 0 aliphatic carbocycles. The SMILES string of the molecule is CCCCC=CC=CC=CCCCCCCCC(=O)OC(=O)CCCCCCCC=CC=CC=CCCCC.[Na]. The zero-order chi connectivity index (χ0) is 28.5. The van der Waals surface area contributed by atoms with E-state index < -0.39 is 0 Å². The Hall–Kier alpha value is -1.42. The first-order valence-corrected chi connectivity index (χ1v) is 15.9. The van der Waals surface area contributed by atoms with Gasteiger partial charge in [0.15, 0.2) is 0 Å². The minimum atomic E-state index is -0.365. The van der Waals surface area contributed by atoms with Crippen LogP contribution in [-0.2, 0) is 14.3 Å². The van der Waals surface area contributed by atoms with Crippen LogP contribution < -0.4 is 0 Å². The first-order valence-electron chi connectivity index (χ1n) is 15.9. The molecular formula is C36H58NaO3. The Morgan fingerprint density at radius 3 is 1.07 bits per heavy atom. The average Bonchev–Trinajstić information content (AvgIpc) is 2.93. The Labute approximate surface area is 269 Å². The molecule has 0 fully saturated rings. The Morgan fingerprint density at radius 1 is 0.425 bits per heavy atom. The smallest absolute Gasteiger partial charge is 0.313 e. The number of unbranched alkanes of at least 4 members (excludes halogenated alkanes) is 14. The molecule has 0 bridgehead atoms. The molecule has 0 rings (SSSR count). The molecule has 0 aromatic carbocycles. The number of rotatable bonds is 26. The van der Waals surface area contributed by atoms with Crippen LogP contribution in [0.5, 0.6) is 0 Å². The average molecular weight is 562 g/mol. The number of carbonyl (C=O) groups excluding carboxylic acids is 2. The zero-order valence-electron chi connectivity index (χ0n) is 26.3. The minimum Gasteiger partial charge on any atom is -0.393 e. The molecule has 0 atom stereocenters. The van der Waals surface area contributed by atoms with Crippen LogP contribution in [0.4, 0.5) is 0 Å². The second kappa shape index (κ2) is 35.6. The fourth-order valence-corrected chi connectivity index (χ4v) is 3.95. The van der Waals surface area contributed by atoms with E-state index in [1.807, 2.05) is 0 Å². The van der Waals surface area contributed by atoms with Gasteiger partial charge < -0.3 is 4.74 Å². The molecule has 4 heteroatoms. The van der Waals surface area contributed by atoms with Crippen molar-refractivity contribution in [1.29, 1.82) is 0 Å². The molecule has 0 aliphatic heterocycles. The van der Waals surface area contributed by atoms with Gasteiger partial charge in [-0.05, 0) is 51.4 Å². The molecule has 0 aromatic rings. The number of hydrogen-bond acceptors (Lipinski definition) is 3. The summed E-state index contributed by atoms with van der Waals surface area (Å²) in [6.07, 6.45) is 46.4. The van der Waals surface area contributed by atoms with Crippen LogP contribution in [0.1, 0.15) is 142 Å². The number of esters is 2. The van der Waals surface area contributed by atoms with Crippen LogP contribution in [0.25, 0.3) is 0 Å². The van der Waals surface area contributed by atoms with Crippen LogP contribution in [0, 0.1) is 0 Å². The Morgan fingerprint density at radius 2 is 0.725 bits per heavy atom. The van der Waals surface area contributed by atoms with Crippen molar-refractivity contribution in [1.82, 2.24) is 0 Å². The summed E-state index contributed by atoms with van der Waals surface area (Å²) in [5, 5.41) is 0. The predicted molar refractivity (Wildman–Crippen MR) is 175 cm³/mol. The summed E-state index contributed by atoms with van der Waals surface area (Å²) in [6, 6.07) is 0. The summed E-state index contributed by atoms with van der Waals surface area (Å²) in [5.74, 6) is -0.730. The summed E-state index contributed by atoms with van der Waals surface area (Å²) < 4.78 is 4.97. The fourth-order valence-electron chi connectivity index (χ4n) is 3.95. The van der Waals surface area contributed by atoms with E-state index in [1.165, 1.54) is 51.4 Å². The fraction of sp³-hybridized carbons (Fsp3) is 0.611. The molecule has 0 aliphatic rings. The minimum absolute atomic E-state index is 0. The van der Waals surface area contributed by atoms with Crippen LogP contribution in [-0.4, -0.2) is 41.5 Å². The monoisotopic (exact) mass is 561 g/mol. The third kappa shape index (κ3) is 34.6. The molecule has 221 valence electrons. The number of carbonyl (C=O) groups is 2. The summed E-state index contributed by atoms with van der Waals surface area (Å²) in [4.78, 5) is 23.7. The van der Waals surface area contributed by atoms with Crippen molar-refractivity contribution in [3.05, 3.63) is 72.9 Å². The predicted octanol–water partition coefficient (Wildman–Crippen LogP) is 10.9. The summed E-state index contributed by atoms with van der Waals surface area (Å²) >= 11 is 0. The third-order valence-corrected chi connectivity index (χ3v) is 6.39. The quantitative estimate of drug-likeness (QED) is 0.0347. The molecule has 0 heterocycles. The van der Waals surface area contributed by atoms with Gasteiger partial charge in [-0.25, -0.2) is 0 Å². The topological polar surface area (TPSA) is 43.4 Å². The van der Waals surface area contributed by atoms with Crippen molar-refractivity contribution in [2.45, 2.75) is 142 Å². The molecule has 0 N–H and O–H groups in total. The van der Waals surface area contributed by atoms with E-state index in [0.717, 1.165) is 64.2 Å². The first-order chi connectivity index (χ1) is 19.2. The van der Waals surface area contributed by atoms with Gasteiger partial charge in [-0.15, -0.1) is 0 Å². The van der Waals surface area contributed by atoms with Gasteiger partial charge in [0, 0.05) is 42.4 Å². The van der Waals surface area contributed by atoms with Gasteiger partial charge in [0.05, 0.1) is 0 Å². The van der Waals surface area contributed by atoms with Gasteiger partial charge in [0.2, 0.25) is 0 Å². The van der Waals surface area contributed by atoms with Gasteiger partial charge in [0.25, 0.3) is 0 Å². The summed E-state index contributed by atoms with van der Waals surface area (Å²) in [7, 11) is 0. The second-order valence-electron chi connectivity index (χ2n) is 10.2. The first kappa shape index (κ1) is 40.7. The molecule has 1 radical (unpaired) electrons. The molecule has 0 unspecified atom stereocenters. The summed E-state index contributed by atoms with van der Waals surface area (Å²) in [6.45, 7) is 4.42. The van der Waals surface area contributed by atoms with Crippen molar-refractivity contribution in [3.63, 3.8) is 0 Å². The van der Waals surface area contributed by atoms with Gasteiger partial charge in [-0.1, -0.05) is 151 Å². The van der Waals surface area contributed by atoms with E-state index in [9.17, 15) is 9.59 Å². The van der Waals surface area contributed by atoms with Gasteiger partial charge in [-0.3, -0.25) is 9.59 Å².